The summed E-state index contributed by atoms with van der Waals surface area (Å²) in [4.78, 5) is 19.0. The summed E-state index contributed by atoms with van der Waals surface area (Å²) >= 11 is 0. The minimum Gasteiger partial charge on any atom is -0.386 e. The number of carbonyl (C=O) groups excluding carboxylic acids is 1. The van der Waals surface area contributed by atoms with Crippen molar-refractivity contribution in [2.24, 2.45) is 0 Å². The largest absolute Gasteiger partial charge is 0.386 e. The molecule has 0 saturated carbocycles. The summed E-state index contributed by atoms with van der Waals surface area (Å²) in [5, 5.41) is 18.2. The van der Waals surface area contributed by atoms with Crippen LogP contribution in [0, 0.1) is 0 Å². The summed E-state index contributed by atoms with van der Waals surface area (Å²) in [6.45, 7) is 8.08. The predicted molar refractivity (Wildman–Crippen MR) is 100 cm³/mol. The molecule has 7 heteroatoms. The van der Waals surface area contributed by atoms with Gasteiger partial charge in [-0.15, -0.1) is 0 Å². The van der Waals surface area contributed by atoms with Gasteiger partial charge in [-0.25, -0.2) is 4.98 Å². The molecule has 1 fully saturated rings. The Kier molecular flexibility index (Phi) is 5.27. The van der Waals surface area contributed by atoms with Crippen LogP contribution in [0.2, 0.25) is 0 Å². The Balaban J connectivity index is 1.63. The third kappa shape index (κ3) is 3.88. The van der Waals surface area contributed by atoms with Gasteiger partial charge in [-0.05, 0) is 37.5 Å². The normalized spacial score (nSPS) is 20.0. The summed E-state index contributed by atoms with van der Waals surface area (Å²) in [5.41, 5.74) is 0.489. The number of pyridine rings is 1. The number of aliphatic hydroxyl groups is 1. The van der Waals surface area contributed by atoms with Crippen molar-refractivity contribution < 1.29 is 9.90 Å². The van der Waals surface area contributed by atoms with E-state index < -0.39 is 5.60 Å². The molecule has 2 aromatic rings. The van der Waals surface area contributed by atoms with Gasteiger partial charge in [0.25, 0.3) is 5.91 Å². The first-order valence-electron chi connectivity index (χ1n) is 9.16. The number of carbonyl (C=O) groups is 1. The van der Waals surface area contributed by atoms with Crippen LogP contribution in [0.25, 0.3) is 0 Å². The van der Waals surface area contributed by atoms with Gasteiger partial charge >= 0.3 is 0 Å². The molecule has 1 aliphatic rings. The number of hydrogen-bond donors (Lipinski definition) is 2. The number of anilines is 1. The fourth-order valence-corrected chi connectivity index (χ4v) is 3.22. The predicted octanol–water partition coefficient (Wildman–Crippen LogP) is 1.79. The van der Waals surface area contributed by atoms with Crippen molar-refractivity contribution in [2.75, 3.05) is 24.5 Å². The first kappa shape index (κ1) is 18.4. The quantitative estimate of drug-likeness (QED) is 0.824. The molecule has 0 bridgehead atoms. The molecule has 140 valence electrons. The Bertz CT molecular complexity index is 759. The van der Waals surface area contributed by atoms with Crippen LogP contribution in [0.4, 0.5) is 5.82 Å². The van der Waals surface area contributed by atoms with E-state index in [1.54, 1.807) is 10.9 Å². The number of β-amino-alcohol motifs (C(OH)–C–C–N with tert-alkyl or cyclic N) is 1. The number of aromatic nitrogens is 3. The number of hydrogen-bond acceptors (Lipinski definition) is 5. The minimum absolute atomic E-state index is 0.198. The van der Waals surface area contributed by atoms with Gasteiger partial charge in [0.1, 0.15) is 17.1 Å². The lowest BCUT2D eigenvalue weighted by atomic mass is 10.0. The van der Waals surface area contributed by atoms with Crippen molar-refractivity contribution in [1.29, 1.82) is 0 Å². The smallest absolute Gasteiger partial charge is 0.269 e. The summed E-state index contributed by atoms with van der Waals surface area (Å²) in [7, 11) is 0. The second-order valence-corrected chi connectivity index (χ2v) is 7.19. The minimum atomic E-state index is -0.953. The summed E-state index contributed by atoms with van der Waals surface area (Å²) in [6, 6.07) is 7.56. The first-order chi connectivity index (χ1) is 12.4. The lowest BCUT2D eigenvalue weighted by Gasteiger charge is -2.24. The molecule has 3 heterocycles. The maximum atomic E-state index is 12.6. The second-order valence-electron chi connectivity index (χ2n) is 7.19. The van der Waals surface area contributed by atoms with Crippen LogP contribution in [0.15, 0.2) is 30.5 Å². The Morgan fingerprint density at radius 1 is 1.42 bits per heavy atom. The molecule has 0 aromatic carbocycles. The van der Waals surface area contributed by atoms with Crippen LogP contribution >= 0.6 is 0 Å². The van der Waals surface area contributed by atoms with Crippen LogP contribution in [0.3, 0.4) is 0 Å². The number of rotatable bonds is 6. The van der Waals surface area contributed by atoms with Gasteiger partial charge in [0.05, 0.1) is 5.69 Å². The lowest BCUT2D eigenvalue weighted by Crippen LogP contribution is -2.45. The fraction of sp³-hybridized carbons (Fsp3) is 0.526. The lowest BCUT2D eigenvalue weighted by molar-refractivity contribution is 0.0572. The molecule has 1 aliphatic heterocycles. The van der Waals surface area contributed by atoms with Crippen LogP contribution in [-0.4, -0.2) is 51.0 Å². The molecular weight excluding hydrogens is 330 g/mol. The highest BCUT2D eigenvalue weighted by Gasteiger charge is 2.37. The molecule has 3 rings (SSSR count). The van der Waals surface area contributed by atoms with E-state index in [2.05, 4.69) is 29.2 Å². The van der Waals surface area contributed by atoms with Gasteiger partial charge in [-0.1, -0.05) is 19.9 Å². The SMILES string of the molecule is CCn1nc(C(C)C)cc1C(=O)NCC1(O)CCN(c2ccccn2)C1. The maximum Gasteiger partial charge on any atom is 0.269 e. The third-order valence-electron chi connectivity index (χ3n) is 4.81. The number of aryl methyl sites for hydroxylation is 1. The third-order valence-corrected chi connectivity index (χ3v) is 4.81. The topological polar surface area (TPSA) is 83.3 Å². The summed E-state index contributed by atoms with van der Waals surface area (Å²) in [5.74, 6) is 0.914. The van der Waals surface area contributed by atoms with Crippen LogP contribution in [0.5, 0.6) is 0 Å². The molecule has 7 nitrogen and oxygen atoms in total. The van der Waals surface area contributed by atoms with E-state index in [-0.39, 0.29) is 18.4 Å². The number of amides is 1. The molecule has 1 atom stereocenters. The van der Waals surface area contributed by atoms with Crippen molar-refractivity contribution in [2.45, 2.75) is 45.3 Å². The molecule has 2 aromatic heterocycles. The van der Waals surface area contributed by atoms with E-state index >= 15 is 0 Å². The highest BCUT2D eigenvalue weighted by Crippen LogP contribution is 2.25. The molecule has 1 unspecified atom stereocenters. The van der Waals surface area contributed by atoms with Gasteiger partial charge < -0.3 is 15.3 Å². The molecule has 0 radical (unpaired) electrons. The van der Waals surface area contributed by atoms with Crippen LogP contribution < -0.4 is 10.2 Å². The van der Waals surface area contributed by atoms with Gasteiger partial charge in [0.2, 0.25) is 0 Å². The second kappa shape index (κ2) is 7.45. The van der Waals surface area contributed by atoms with Crippen molar-refractivity contribution in [3.63, 3.8) is 0 Å². The van der Waals surface area contributed by atoms with E-state index in [1.165, 1.54) is 0 Å². The van der Waals surface area contributed by atoms with Crippen LogP contribution in [-0.2, 0) is 6.54 Å². The van der Waals surface area contributed by atoms with E-state index in [0.717, 1.165) is 11.5 Å². The molecule has 1 amide bonds. The Hall–Kier alpha value is -2.41. The van der Waals surface area contributed by atoms with Crippen LogP contribution in [0.1, 0.15) is 49.3 Å². The number of nitrogens with zero attached hydrogens (tertiary/aromatic N) is 4. The van der Waals surface area contributed by atoms with Gasteiger partial charge in [0, 0.05) is 32.4 Å². The standard InChI is InChI=1S/C19H27N5O2/c1-4-24-16(11-15(22-24)14(2)3)18(25)21-12-19(26)8-10-23(13-19)17-7-5-6-9-20-17/h5-7,9,11,14,26H,4,8,10,12-13H2,1-3H3,(H,21,25). The van der Waals surface area contributed by atoms with Crippen molar-refractivity contribution in [1.82, 2.24) is 20.1 Å². The van der Waals surface area contributed by atoms with E-state index in [1.807, 2.05) is 36.1 Å². The zero-order valence-corrected chi connectivity index (χ0v) is 15.6. The molecule has 1 saturated heterocycles. The zero-order valence-electron chi connectivity index (χ0n) is 15.6. The average molecular weight is 357 g/mol. The Labute approximate surface area is 154 Å². The van der Waals surface area contributed by atoms with E-state index in [0.29, 0.717) is 31.7 Å². The molecule has 0 spiro atoms. The van der Waals surface area contributed by atoms with Crippen molar-refractivity contribution in [3.05, 3.63) is 41.9 Å². The molecule has 0 aliphatic carbocycles. The average Bonchev–Trinajstić information content (AvgIpc) is 3.25. The number of nitrogens with one attached hydrogen (secondary N) is 1. The highest BCUT2D eigenvalue weighted by atomic mass is 16.3. The van der Waals surface area contributed by atoms with Gasteiger partial charge in [-0.2, -0.15) is 5.10 Å². The van der Waals surface area contributed by atoms with Crippen molar-refractivity contribution in [3.8, 4) is 0 Å². The maximum absolute atomic E-state index is 12.6. The zero-order chi connectivity index (χ0) is 18.7. The summed E-state index contributed by atoms with van der Waals surface area (Å²) in [6.07, 6.45) is 2.33. The molecule has 26 heavy (non-hydrogen) atoms. The van der Waals surface area contributed by atoms with E-state index in [4.69, 9.17) is 0 Å². The monoisotopic (exact) mass is 357 g/mol. The molecular formula is C19H27N5O2. The van der Waals surface area contributed by atoms with E-state index in [9.17, 15) is 9.90 Å². The highest BCUT2D eigenvalue weighted by molar-refractivity contribution is 5.92. The van der Waals surface area contributed by atoms with Gasteiger partial charge in [0.15, 0.2) is 0 Å². The Morgan fingerprint density at radius 3 is 2.88 bits per heavy atom. The van der Waals surface area contributed by atoms with Crippen molar-refractivity contribution >= 4 is 11.7 Å². The van der Waals surface area contributed by atoms with Gasteiger partial charge in [-0.3, -0.25) is 9.48 Å². The summed E-state index contributed by atoms with van der Waals surface area (Å²) < 4.78 is 1.71. The fourth-order valence-electron chi connectivity index (χ4n) is 3.22. The first-order valence-corrected chi connectivity index (χ1v) is 9.16. The Morgan fingerprint density at radius 2 is 2.23 bits per heavy atom. The molecule has 2 N–H and O–H groups in total.